The summed E-state index contributed by atoms with van der Waals surface area (Å²) in [7, 11) is 0. The number of carbonyl (C=O) groups excluding carboxylic acids is 2. The van der Waals surface area contributed by atoms with Gasteiger partial charge >= 0.3 is 0 Å². The third-order valence-electron chi connectivity index (χ3n) is 9.83. The Hall–Kier alpha value is -5.52. The van der Waals surface area contributed by atoms with E-state index in [0.717, 1.165) is 46.7 Å². The second-order valence-corrected chi connectivity index (χ2v) is 13.2. The number of amides is 2. The molecule has 8 rings (SSSR count). The summed E-state index contributed by atoms with van der Waals surface area (Å²) in [6.45, 7) is 5.54. The summed E-state index contributed by atoms with van der Waals surface area (Å²) in [6.07, 6.45) is 10.4. The van der Waals surface area contributed by atoms with Crippen LogP contribution in [0.2, 0.25) is 0 Å². The van der Waals surface area contributed by atoms with E-state index in [1.807, 2.05) is 60.4 Å². The van der Waals surface area contributed by atoms with Crippen LogP contribution in [0, 0.1) is 12.7 Å². The normalized spacial score (nSPS) is 16.5. The van der Waals surface area contributed by atoms with Crippen molar-refractivity contribution in [3.05, 3.63) is 95.8 Å². The van der Waals surface area contributed by atoms with Crippen LogP contribution in [0.1, 0.15) is 47.3 Å². The molecule has 2 amide bonds. The minimum absolute atomic E-state index is 0.0192. The SMILES string of the molecule is Cc1ccccc1-c1cc(C2=CCCN(C(=O)CCn3ccnn3)C2)c(F)c2[nH]c(C(=O)N3CCN(c4ncccc4OC4CC4)CC3)cc12. The summed E-state index contributed by atoms with van der Waals surface area (Å²) in [5.41, 5.74) is 4.65. The number of aromatic nitrogens is 5. The zero-order chi connectivity index (χ0) is 34.2. The van der Waals surface area contributed by atoms with Crippen molar-refractivity contribution in [3.8, 4) is 16.9 Å². The predicted molar refractivity (Wildman–Crippen MR) is 188 cm³/mol. The number of H-pyrrole nitrogens is 1. The van der Waals surface area contributed by atoms with Crippen molar-refractivity contribution in [2.75, 3.05) is 44.2 Å². The van der Waals surface area contributed by atoms with Crippen molar-refractivity contribution >= 4 is 34.1 Å². The molecule has 0 atom stereocenters. The standard InChI is InChI=1S/C38H39FN8O3/c1-25-6-2-3-8-28(25)30-22-29(26-7-5-15-46(24-26)34(48)12-16-47-17-14-41-43-47)35(39)36-31(30)23-32(42-36)38(49)45-20-18-44(19-21-45)37-33(9-4-13-40-37)50-27-10-11-27/h2-4,6-9,13-14,17,22-23,27,42H,5,10-12,15-16,18-21,24H2,1H3. The molecule has 256 valence electrons. The molecule has 0 radical (unpaired) electrons. The van der Waals surface area contributed by atoms with E-state index in [0.29, 0.717) is 68.9 Å². The van der Waals surface area contributed by atoms with Gasteiger partial charge in [-0.05, 0) is 72.7 Å². The first-order valence-electron chi connectivity index (χ1n) is 17.3. The van der Waals surface area contributed by atoms with Gasteiger partial charge in [0.2, 0.25) is 5.91 Å². The van der Waals surface area contributed by atoms with Gasteiger partial charge in [0.1, 0.15) is 5.69 Å². The lowest BCUT2D eigenvalue weighted by Crippen LogP contribution is -2.49. The second-order valence-electron chi connectivity index (χ2n) is 13.2. The fourth-order valence-electron chi connectivity index (χ4n) is 6.95. The molecule has 2 fully saturated rings. The Morgan fingerprint density at radius 1 is 0.960 bits per heavy atom. The van der Waals surface area contributed by atoms with Gasteiger partial charge in [0.15, 0.2) is 17.4 Å². The molecular weight excluding hydrogens is 635 g/mol. The Balaban J connectivity index is 1.06. The Labute approximate surface area is 289 Å². The number of carbonyl (C=O) groups is 2. The van der Waals surface area contributed by atoms with Crippen molar-refractivity contribution in [3.63, 3.8) is 0 Å². The van der Waals surface area contributed by atoms with Crippen LogP contribution in [0.4, 0.5) is 10.2 Å². The van der Waals surface area contributed by atoms with Gasteiger partial charge in [-0.15, -0.1) is 5.10 Å². The van der Waals surface area contributed by atoms with Gasteiger partial charge in [-0.25, -0.2) is 9.37 Å². The van der Waals surface area contributed by atoms with E-state index in [1.54, 1.807) is 34.2 Å². The minimum Gasteiger partial charge on any atom is -0.487 e. The number of pyridine rings is 1. The summed E-state index contributed by atoms with van der Waals surface area (Å²) in [4.78, 5) is 40.7. The number of aromatic amines is 1. The number of rotatable bonds is 9. The maximum Gasteiger partial charge on any atom is 0.270 e. The first-order valence-corrected chi connectivity index (χ1v) is 17.3. The quantitative estimate of drug-likeness (QED) is 0.221. The topological polar surface area (TPSA) is 112 Å². The zero-order valence-electron chi connectivity index (χ0n) is 28.0. The molecule has 1 saturated heterocycles. The maximum absolute atomic E-state index is 16.7. The van der Waals surface area contributed by atoms with E-state index in [4.69, 9.17) is 4.74 Å². The van der Waals surface area contributed by atoms with E-state index >= 15 is 4.39 Å². The fraction of sp³-hybridized carbons (Fsp3) is 0.342. The third kappa shape index (κ3) is 6.33. The average Bonchev–Trinajstić information content (AvgIpc) is 3.59. The molecule has 0 bridgehead atoms. The molecule has 3 aromatic heterocycles. The van der Waals surface area contributed by atoms with Crippen LogP contribution in [0.25, 0.3) is 27.6 Å². The predicted octanol–water partition coefficient (Wildman–Crippen LogP) is 5.48. The number of ether oxygens (including phenoxy) is 1. The van der Waals surface area contributed by atoms with E-state index in [-0.39, 0.29) is 29.9 Å². The summed E-state index contributed by atoms with van der Waals surface area (Å²) < 4.78 is 24.4. The number of nitrogens with zero attached hydrogens (tertiary/aromatic N) is 7. The van der Waals surface area contributed by atoms with E-state index in [1.165, 1.54) is 0 Å². The second kappa shape index (κ2) is 13.4. The number of aryl methyl sites for hydroxylation is 2. The molecule has 1 saturated carbocycles. The molecule has 2 aromatic carbocycles. The summed E-state index contributed by atoms with van der Waals surface area (Å²) >= 11 is 0. The van der Waals surface area contributed by atoms with Crippen LogP contribution in [0.15, 0.2) is 73.2 Å². The van der Waals surface area contributed by atoms with Crippen molar-refractivity contribution in [2.24, 2.45) is 0 Å². The lowest BCUT2D eigenvalue weighted by atomic mass is 9.91. The van der Waals surface area contributed by atoms with Crippen LogP contribution < -0.4 is 9.64 Å². The summed E-state index contributed by atoms with van der Waals surface area (Å²) in [6, 6.07) is 15.5. The molecular formula is C38H39FN8O3. The van der Waals surface area contributed by atoms with Crippen LogP contribution >= 0.6 is 0 Å². The van der Waals surface area contributed by atoms with E-state index < -0.39 is 5.82 Å². The Bertz CT molecular complexity index is 2080. The zero-order valence-corrected chi connectivity index (χ0v) is 28.0. The molecule has 5 aromatic rings. The number of piperazine rings is 1. The van der Waals surface area contributed by atoms with Crippen LogP contribution in [0.3, 0.4) is 0 Å². The van der Waals surface area contributed by atoms with Gasteiger partial charge < -0.3 is 24.4 Å². The van der Waals surface area contributed by atoms with Crippen LogP contribution in [-0.2, 0) is 11.3 Å². The van der Waals surface area contributed by atoms with Crippen LogP contribution in [0.5, 0.6) is 5.75 Å². The monoisotopic (exact) mass is 674 g/mol. The number of fused-ring (bicyclic) bond motifs is 1. The smallest absolute Gasteiger partial charge is 0.270 e. The highest BCUT2D eigenvalue weighted by atomic mass is 19.1. The molecule has 2 aliphatic heterocycles. The lowest BCUT2D eigenvalue weighted by molar-refractivity contribution is -0.131. The molecule has 3 aliphatic rings. The van der Waals surface area contributed by atoms with Crippen LogP contribution in [-0.4, -0.2) is 91.9 Å². The number of halogens is 1. The fourth-order valence-corrected chi connectivity index (χ4v) is 6.95. The Kier molecular flexibility index (Phi) is 8.51. The number of hydrogen-bond acceptors (Lipinski definition) is 7. The van der Waals surface area contributed by atoms with Gasteiger partial charge in [0.05, 0.1) is 24.4 Å². The molecule has 5 heterocycles. The highest BCUT2D eigenvalue weighted by Crippen LogP contribution is 2.38. The molecule has 12 heteroatoms. The number of anilines is 1. The number of benzene rings is 2. The van der Waals surface area contributed by atoms with Gasteiger partial charge in [-0.3, -0.25) is 14.3 Å². The molecule has 50 heavy (non-hydrogen) atoms. The first-order chi connectivity index (χ1) is 24.4. The summed E-state index contributed by atoms with van der Waals surface area (Å²) in [5, 5.41) is 8.40. The highest BCUT2D eigenvalue weighted by molar-refractivity contribution is 6.05. The van der Waals surface area contributed by atoms with E-state index in [2.05, 4.69) is 25.2 Å². The lowest BCUT2D eigenvalue weighted by Gasteiger charge is -2.35. The van der Waals surface area contributed by atoms with Crippen molar-refractivity contribution in [1.82, 2.24) is 34.8 Å². The summed E-state index contributed by atoms with van der Waals surface area (Å²) in [5.74, 6) is 0.973. The molecule has 1 aliphatic carbocycles. The van der Waals surface area contributed by atoms with Gasteiger partial charge in [0, 0.05) is 69.0 Å². The van der Waals surface area contributed by atoms with E-state index in [9.17, 15) is 9.59 Å². The highest BCUT2D eigenvalue weighted by Gasteiger charge is 2.30. The van der Waals surface area contributed by atoms with Crippen molar-refractivity contribution in [1.29, 1.82) is 0 Å². The van der Waals surface area contributed by atoms with Gasteiger partial charge in [0.25, 0.3) is 5.91 Å². The maximum atomic E-state index is 16.7. The van der Waals surface area contributed by atoms with Crippen molar-refractivity contribution < 1.29 is 18.7 Å². The molecule has 1 N–H and O–H groups in total. The average molecular weight is 675 g/mol. The third-order valence-corrected chi connectivity index (χ3v) is 9.83. The molecule has 0 unspecified atom stereocenters. The molecule has 11 nitrogen and oxygen atoms in total. The number of hydrogen-bond donors (Lipinski definition) is 1. The number of nitrogens with one attached hydrogen (secondary N) is 1. The van der Waals surface area contributed by atoms with Gasteiger partial charge in [-0.2, -0.15) is 0 Å². The minimum atomic E-state index is -0.428. The van der Waals surface area contributed by atoms with Crippen molar-refractivity contribution in [2.45, 2.75) is 45.3 Å². The van der Waals surface area contributed by atoms with Gasteiger partial charge in [-0.1, -0.05) is 35.6 Å². The first kappa shape index (κ1) is 31.7. The molecule has 0 spiro atoms. The Morgan fingerprint density at radius 3 is 2.58 bits per heavy atom. The largest absolute Gasteiger partial charge is 0.487 e. The Morgan fingerprint density at radius 2 is 1.80 bits per heavy atom.